The minimum atomic E-state index is -4.57. The second-order valence-electron chi connectivity index (χ2n) is 6.51. The lowest BCUT2D eigenvalue weighted by molar-refractivity contribution is -0.141. The molecule has 0 saturated heterocycles. The maximum absolute atomic E-state index is 12.8. The first kappa shape index (κ1) is 22.0. The Kier molecular flexibility index (Phi) is 5.98. The van der Waals surface area contributed by atoms with Crippen molar-refractivity contribution in [1.82, 2.24) is 19.7 Å². The molecule has 32 heavy (non-hydrogen) atoms. The molecule has 0 radical (unpaired) electrons. The van der Waals surface area contributed by atoms with Crippen LogP contribution in [0.5, 0.6) is 0 Å². The molecule has 0 fully saturated rings. The molecule has 0 atom stereocenters. The first-order valence-corrected chi connectivity index (χ1v) is 10.2. The molecule has 0 spiro atoms. The van der Waals surface area contributed by atoms with Gasteiger partial charge in [0.05, 0.1) is 5.02 Å². The Morgan fingerprint density at radius 1 is 1.09 bits per heavy atom. The highest BCUT2D eigenvalue weighted by molar-refractivity contribution is 9.10. The number of aromatic nitrogens is 4. The first-order chi connectivity index (χ1) is 15.2. The van der Waals surface area contributed by atoms with Crippen molar-refractivity contribution in [2.75, 3.05) is 5.32 Å². The summed E-state index contributed by atoms with van der Waals surface area (Å²) in [6.45, 7) is 0. The average Bonchev–Trinajstić information content (AvgIpc) is 3.25. The van der Waals surface area contributed by atoms with E-state index in [0.717, 1.165) is 16.9 Å². The number of carbonyl (C=O) groups excluding carboxylic acids is 1. The molecule has 3 heterocycles. The number of benzene rings is 1. The largest absolute Gasteiger partial charge is 0.435 e. The van der Waals surface area contributed by atoms with E-state index in [-0.39, 0.29) is 16.5 Å². The van der Waals surface area contributed by atoms with Crippen LogP contribution in [-0.4, -0.2) is 25.7 Å². The van der Waals surface area contributed by atoms with Crippen LogP contribution < -0.4 is 5.32 Å². The molecule has 1 amide bonds. The van der Waals surface area contributed by atoms with Gasteiger partial charge in [0.15, 0.2) is 11.5 Å². The van der Waals surface area contributed by atoms with Crippen molar-refractivity contribution in [2.24, 2.45) is 0 Å². The van der Waals surface area contributed by atoms with Gasteiger partial charge in [-0.3, -0.25) is 4.79 Å². The van der Waals surface area contributed by atoms with Crippen molar-refractivity contribution >= 4 is 39.1 Å². The Hall–Kier alpha value is -3.24. The van der Waals surface area contributed by atoms with Gasteiger partial charge in [0.1, 0.15) is 5.69 Å². The van der Waals surface area contributed by atoms with Crippen LogP contribution in [0.15, 0.2) is 71.6 Å². The van der Waals surface area contributed by atoms with E-state index in [4.69, 9.17) is 11.6 Å². The van der Waals surface area contributed by atoms with Crippen LogP contribution in [-0.2, 0) is 6.18 Å². The number of pyridine rings is 2. The number of halogens is 5. The lowest BCUT2D eigenvalue weighted by atomic mass is 10.1. The highest BCUT2D eigenvalue weighted by Crippen LogP contribution is 2.32. The molecule has 3 aromatic heterocycles. The number of carbonyl (C=O) groups is 1. The third-order valence-electron chi connectivity index (χ3n) is 4.38. The molecule has 162 valence electrons. The Bertz CT molecular complexity index is 1310. The summed E-state index contributed by atoms with van der Waals surface area (Å²) >= 11 is 9.60. The number of alkyl halides is 3. The second-order valence-corrected chi connectivity index (χ2v) is 7.77. The summed E-state index contributed by atoms with van der Waals surface area (Å²) in [5.74, 6) is -0.373. The van der Waals surface area contributed by atoms with Crippen LogP contribution in [0.1, 0.15) is 16.2 Å². The summed E-state index contributed by atoms with van der Waals surface area (Å²) in [6.07, 6.45) is -0.488. The highest BCUT2D eigenvalue weighted by Gasteiger charge is 2.33. The molecule has 0 unspecified atom stereocenters. The average molecular weight is 523 g/mol. The molecule has 4 rings (SSSR count). The molecular weight excluding hydrogens is 511 g/mol. The van der Waals surface area contributed by atoms with E-state index < -0.39 is 17.8 Å². The summed E-state index contributed by atoms with van der Waals surface area (Å²) in [5.41, 5.74) is 0.823. The Morgan fingerprint density at radius 2 is 1.88 bits per heavy atom. The number of nitrogens with zero attached hydrogens (tertiary/aromatic N) is 4. The van der Waals surface area contributed by atoms with Gasteiger partial charge in [0, 0.05) is 39.9 Å². The molecule has 0 saturated carbocycles. The van der Waals surface area contributed by atoms with Crippen molar-refractivity contribution in [3.63, 3.8) is 0 Å². The number of amides is 1. The Balaban J connectivity index is 1.65. The number of anilines is 1. The summed E-state index contributed by atoms with van der Waals surface area (Å²) in [6, 6.07) is 12.8. The molecule has 1 aromatic carbocycles. The topological polar surface area (TPSA) is 72.7 Å². The second kappa shape index (κ2) is 8.71. The first-order valence-electron chi connectivity index (χ1n) is 9.04. The number of rotatable bonds is 4. The van der Waals surface area contributed by atoms with Gasteiger partial charge in [-0.05, 0) is 46.3 Å². The number of hydrogen-bond acceptors (Lipinski definition) is 4. The minimum absolute atomic E-state index is 0.0462. The molecule has 6 nitrogen and oxygen atoms in total. The third-order valence-corrected chi connectivity index (χ3v) is 5.30. The van der Waals surface area contributed by atoms with Crippen LogP contribution in [0.2, 0.25) is 5.02 Å². The van der Waals surface area contributed by atoms with Gasteiger partial charge in [0.2, 0.25) is 0 Å². The van der Waals surface area contributed by atoms with Crippen LogP contribution in [0.4, 0.5) is 18.9 Å². The minimum Gasteiger partial charge on any atom is -0.320 e. The SMILES string of the molecule is O=C(Nc1ccccc1-c1cnc(-n2ccc(C(F)(F)F)n2)c(Cl)c1)c1ncccc1Br. The molecule has 0 aliphatic carbocycles. The van der Waals surface area contributed by atoms with Crippen LogP contribution >= 0.6 is 27.5 Å². The van der Waals surface area contributed by atoms with Gasteiger partial charge < -0.3 is 5.32 Å². The van der Waals surface area contributed by atoms with E-state index in [1.807, 2.05) is 0 Å². The Labute approximate surface area is 193 Å². The zero-order valence-corrected chi connectivity index (χ0v) is 18.3. The van der Waals surface area contributed by atoms with Gasteiger partial charge in [-0.1, -0.05) is 29.8 Å². The highest BCUT2D eigenvalue weighted by atomic mass is 79.9. The van der Waals surface area contributed by atoms with Gasteiger partial charge in [-0.2, -0.15) is 18.3 Å². The zero-order valence-electron chi connectivity index (χ0n) is 15.9. The van der Waals surface area contributed by atoms with Gasteiger partial charge in [-0.15, -0.1) is 0 Å². The predicted octanol–water partition coefficient (Wildman–Crippen LogP) is 6.02. The van der Waals surface area contributed by atoms with E-state index in [2.05, 4.69) is 36.3 Å². The molecule has 0 bridgehead atoms. The quantitative estimate of drug-likeness (QED) is 0.356. The van der Waals surface area contributed by atoms with Gasteiger partial charge in [-0.25, -0.2) is 14.6 Å². The van der Waals surface area contributed by atoms with Crippen LogP contribution in [0.3, 0.4) is 0 Å². The lowest BCUT2D eigenvalue weighted by Gasteiger charge is -2.13. The van der Waals surface area contributed by atoms with Crippen LogP contribution in [0.25, 0.3) is 16.9 Å². The fraction of sp³-hybridized carbons (Fsp3) is 0.0476. The van der Waals surface area contributed by atoms with Crippen molar-refractivity contribution in [1.29, 1.82) is 0 Å². The van der Waals surface area contributed by atoms with Crippen molar-refractivity contribution in [2.45, 2.75) is 6.18 Å². The van der Waals surface area contributed by atoms with Gasteiger partial charge in [0.25, 0.3) is 5.91 Å². The fourth-order valence-corrected chi connectivity index (χ4v) is 3.61. The molecule has 1 N–H and O–H groups in total. The molecule has 4 aromatic rings. The molecular formula is C21H12BrClF3N5O. The lowest BCUT2D eigenvalue weighted by Crippen LogP contribution is -2.15. The monoisotopic (exact) mass is 521 g/mol. The predicted molar refractivity (Wildman–Crippen MR) is 117 cm³/mol. The smallest absolute Gasteiger partial charge is 0.320 e. The third kappa shape index (κ3) is 4.51. The maximum atomic E-state index is 12.8. The summed E-state index contributed by atoms with van der Waals surface area (Å²) in [7, 11) is 0. The van der Waals surface area contributed by atoms with Crippen molar-refractivity contribution < 1.29 is 18.0 Å². The van der Waals surface area contributed by atoms with E-state index in [1.54, 1.807) is 42.5 Å². The molecule has 0 aliphatic heterocycles. The maximum Gasteiger partial charge on any atom is 0.435 e. The van der Waals surface area contributed by atoms with E-state index in [9.17, 15) is 18.0 Å². The molecule has 0 aliphatic rings. The van der Waals surface area contributed by atoms with Crippen molar-refractivity contribution in [3.8, 4) is 16.9 Å². The number of hydrogen-bond donors (Lipinski definition) is 1. The molecule has 11 heteroatoms. The van der Waals surface area contributed by atoms with E-state index >= 15 is 0 Å². The van der Waals surface area contributed by atoms with Crippen molar-refractivity contribution in [3.05, 3.63) is 88.0 Å². The zero-order chi connectivity index (χ0) is 22.9. The normalized spacial score (nSPS) is 11.4. The number of nitrogens with one attached hydrogen (secondary N) is 1. The summed E-state index contributed by atoms with van der Waals surface area (Å²) in [4.78, 5) is 20.9. The standard InChI is InChI=1S/C21H12BrClF3N5O/c22-14-5-3-8-27-18(14)20(32)29-16-6-2-1-4-13(16)12-10-15(23)19(28-11-12)31-9-7-17(30-31)21(24,25)26/h1-11H,(H,29,32). The Morgan fingerprint density at radius 3 is 2.56 bits per heavy atom. The van der Waals surface area contributed by atoms with Gasteiger partial charge >= 0.3 is 6.18 Å². The van der Waals surface area contributed by atoms with Crippen LogP contribution in [0, 0.1) is 0 Å². The van der Waals surface area contributed by atoms with E-state index in [1.165, 1.54) is 12.4 Å². The summed E-state index contributed by atoms with van der Waals surface area (Å²) in [5, 5.41) is 6.39. The summed E-state index contributed by atoms with van der Waals surface area (Å²) < 4.78 is 40.0. The fourth-order valence-electron chi connectivity index (χ4n) is 2.92. The van der Waals surface area contributed by atoms with E-state index in [0.29, 0.717) is 21.3 Å². The number of para-hydroxylation sites is 1.